The second-order valence-corrected chi connectivity index (χ2v) is 3.68. The summed E-state index contributed by atoms with van der Waals surface area (Å²) in [6.45, 7) is -1.47. The quantitative estimate of drug-likeness (QED) is 0.786. The van der Waals surface area contributed by atoms with Crippen LogP contribution in [0.25, 0.3) is 0 Å². The van der Waals surface area contributed by atoms with Crippen molar-refractivity contribution >= 4 is 17.8 Å². The van der Waals surface area contributed by atoms with Gasteiger partial charge >= 0.3 is 5.97 Å². The fraction of sp³-hybridized carbons (Fsp3) is 0.182. The molecule has 0 aliphatic rings. The van der Waals surface area contributed by atoms with Gasteiger partial charge in [0.15, 0.2) is 0 Å². The van der Waals surface area contributed by atoms with Gasteiger partial charge in [0.2, 0.25) is 5.91 Å². The molecule has 0 spiro atoms. The molecule has 0 aliphatic heterocycles. The van der Waals surface area contributed by atoms with E-state index in [4.69, 9.17) is 10.8 Å². The van der Waals surface area contributed by atoms with E-state index in [9.17, 15) is 23.2 Å². The monoisotopic (exact) mass is 272 g/mol. The number of carbonyl (C=O) groups is 3. The molecule has 1 aromatic carbocycles. The minimum absolute atomic E-state index is 0.403. The Balaban J connectivity index is 3.03. The van der Waals surface area contributed by atoms with E-state index in [0.29, 0.717) is 11.0 Å². The molecule has 0 aromatic heterocycles. The maximum Gasteiger partial charge on any atom is 0.323 e. The molecular weight excluding hydrogens is 262 g/mol. The van der Waals surface area contributed by atoms with Crippen molar-refractivity contribution in [1.82, 2.24) is 4.90 Å². The Morgan fingerprint density at radius 2 is 1.63 bits per heavy atom. The van der Waals surface area contributed by atoms with E-state index in [0.717, 1.165) is 12.1 Å². The number of hydrogen-bond acceptors (Lipinski definition) is 3. The molecule has 102 valence electrons. The molecule has 0 radical (unpaired) electrons. The van der Waals surface area contributed by atoms with Crippen LogP contribution < -0.4 is 5.73 Å². The zero-order chi connectivity index (χ0) is 14.6. The highest BCUT2D eigenvalue weighted by molar-refractivity contribution is 5.97. The topological polar surface area (TPSA) is 101 Å². The molecule has 19 heavy (non-hydrogen) atoms. The number of nitrogens with zero attached hydrogens (tertiary/aromatic N) is 1. The molecule has 1 rings (SSSR count). The molecule has 0 saturated heterocycles. The molecule has 8 heteroatoms. The summed E-state index contributed by atoms with van der Waals surface area (Å²) in [5.74, 6) is -5.30. The number of carboxylic acids is 1. The SMILES string of the molecule is NC(=O)CN(CC(=O)O)C(=O)c1cc(F)cc(F)c1. The van der Waals surface area contributed by atoms with E-state index < -0.39 is 48.1 Å². The number of carbonyl (C=O) groups excluding carboxylic acids is 2. The van der Waals surface area contributed by atoms with Crippen LogP contribution in [-0.2, 0) is 9.59 Å². The van der Waals surface area contributed by atoms with Crippen molar-refractivity contribution in [3.05, 3.63) is 35.4 Å². The lowest BCUT2D eigenvalue weighted by molar-refractivity contribution is -0.138. The molecule has 0 bridgehead atoms. The van der Waals surface area contributed by atoms with E-state index >= 15 is 0 Å². The molecule has 6 nitrogen and oxygen atoms in total. The third-order valence-electron chi connectivity index (χ3n) is 2.07. The van der Waals surface area contributed by atoms with Crippen molar-refractivity contribution < 1.29 is 28.3 Å². The Labute approximate surface area is 106 Å². The molecule has 0 aliphatic carbocycles. The van der Waals surface area contributed by atoms with Crippen LogP contribution in [0.1, 0.15) is 10.4 Å². The van der Waals surface area contributed by atoms with Crippen molar-refractivity contribution in [1.29, 1.82) is 0 Å². The van der Waals surface area contributed by atoms with Crippen molar-refractivity contribution in [3.8, 4) is 0 Å². The van der Waals surface area contributed by atoms with Gasteiger partial charge in [-0.15, -0.1) is 0 Å². The Bertz CT molecular complexity index is 497. The predicted molar refractivity (Wildman–Crippen MR) is 59.1 cm³/mol. The van der Waals surface area contributed by atoms with Crippen LogP contribution in [0.3, 0.4) is 0 Å². The second-order valence-electron chi connectivity index (χ2n) is 3.68. The molecule has 0 fully saturated rings. The summed E-state index contributed by atoms with van der Waals surface area (Å²) in [5.41, 5.74) is 4.47. The van der Waals surface area contributed by atoms with Gasteiger partial charge in [-0.2, -0.15) is 0 Å². The standard InChI is InChI=1S/C11H10F2N2O4/c12-7-1-6(2-8(13)3-7)11(19)15(4-9(14)16)5-10(17)18/h1-3H,4-5H2,(H2,14,16)(H,17,18). The number of halogens is 2. The van der Waals surface area contributed by atoms with E-state index in [2.05, 4.69) is 0 Å². The fourth-order valence-electron chi connectivity index (χ4n) is 1.41. The molecule has 0 heterocycles. The highest BCUT2D eigenvalue weighted by Crippen LogP contribution is 2.10. The Morgan fingerprint density at radius 1 is 1.11 bits per heavy atom. The second kappa shape index (κ2) is 5.89. The summed E-state index contributed by atoms with van der Waals surface area (Å²) < 4.78 is 25.9. The smallest absolute Gasteiger partial charge is 0.323 e. The zero-order valence-electron chi connectivity index (χ0n) is 9.60. The first-order chi connectivity index (χ1) is 8.79. The largest absolute Gasteiger partial charge is 0.480 e. The average molecular weight is 272 g/mol. The lowest BCUT2D eigenvalue weighted by Crippen LogP contribution is -2.41. The van der Waals surface area contributed by atoms with Gasteiger partial charge in [-0.25, -0.2) is 8.78 Å². The highest BCUT2D eigenvalue weighted by Gasteiger charge is 2.21. The van der Waals surface area contributed by atoms with Crippen molar-refractivity contribution in [2.75, 3.05) is 13.1 Å². The van der Waals surface area contributed by atoms with Gasteiger partial charge in [-0.1, -0.05) is 0 Å². The first-order valence-electron chi connectivity index (χ1n) is 5.05. The molecule has 0 unspecified atom stereocenters. The third-order valence-corrected chi connectivity index (χ3v) is 2.07. The van der Waals surface area contributed by atoms with Gasteiger partial charge in [0.25, 0.3) is 5.91 Å². The number of rotatable bonds is 5. The van der Waals surface area contributed by atoms with Gasteiger partial charge in [-0.3, -0.25) is 14.4 Å². The molecule has 0 saturated carbocycles. The molecule has 1 aromatic rings. The van der Waals surface area contributed by atoms with Crippen LogP contribution in [0.2, 0.25) is 0 Å². The zero-order valence-corrected chi connectivity index (χ0v) is 9.60. The fourth-order valence-corrected chi connectivity index (χ4v) is 1.41. The van der Waals surface area contributed by atoms with E-state index in [-0.39, 0.29) is 0 Å². The minimum atomic E-state index is -1.38. The van der Waals surface area contributed by atoms with Gasteiger partial charge in [0, 0.05) is 11.6 Å². The van der Waals surface area contributed by atoms with E-state index in [1.807, 2.05) is 0 Å². The maximum absolute atomic E-state index is 13.0. The van der Waals surface area contributed by atoms with Crippen molar-refractivity contribution in [3.63, 3.8) is 0 Å². The highest BCUT2D eigenvalue weighted by atomic mass is 19.1. The van der Waals surface area contributed by atoms with Crippen LogP contribution in [-0.4, -0.2) is 40.9 Å². The number of aliphatic carboxylic acids is 1. The van der Waals surface area contributed by atoms with E-state index in [1.54, 1.807) is 0 Å². The van der Waals surface area contributed by atoms with Crippen LogP contribution >= 0.6 is 0 Å². The van der Waals surface area contributed by atoms with Crippen molar-refractivity contribution in [2.24, 2.45) is 5.73 Å². The number of hydrogen-bond donors (Lipinski definition) is 2. The summed E-state index contributed by atoms with van der Waals surface area (Å²) >= 11 is 0. The Kier molecular flexibility index (Phi) is 4.51. The number of benzene rings is 1. The predicted octanol–water partition coefficient (Wildman–Crippen LogP) is -0.0231. The first-order valence-corrected chi connectivity index (χ1v) is 5.05. The number of nitrogens with two attached hydrogens (primary N) is 1. The van der Waals surface area contributed by atoms with Crippen LogP contribution in [0.15, 0.2) is 18.2 Å². The minimum Gasteiger partial charge on any atom is -0.480 e. The lowest BCUT2D eigenvalue weighted by Gasteiger charge is -2.18. The lowest BCUT2D eigenvalue weighted by atomic mass is 10.2. The number of carboxylic acid groups (broad SMARTS) is 1. The molecule has 3 N–H and O–H groups in total. The number of primary amides is 1. The maximum atomic E-state index is 13.0. The van der Waals surface area contributed by atoms with E-state index in [1.165, 1.54) is 0 Å². The summed E-state index contributed by atoms with van der Waals surface area (Å²) in [5, 5.41) is 8.61. The van der Waals surface area contributed by atoms with Gasteiger partial charge in [0.1, 0.15) is 24.7 Å². The molecule has 0 atom stereocenters. The number of amides is 2. The van der Waals surface area contributed by atoms with Crippen molar-refractivity contribution in [2.45, 2.75) is 0 Å². The Hall–Kier alpha value is -2.51. The van der Waals surface area contributed by atoms with Crippen LogP contribution in [0.4, 0.5) is 8.78 Å². The van der Waals surface area contributed by atoms with Gasteiger partial charge in [0.05, 0.1) is 0 Å². The molecular formula is C11H10F2N2O4. The summed E-state index contributed by atoms with van der Waals surface area (Å²) in [4.78, 5) is 33.7. The third kappa shape index (κ3) is 4.34. The average Bonchev–Trinajstić information content (AvgIpc) is 2.24. The summed E-state index contributed by atoms with van der Waals surface area (Å²) in [6.07, 6.45) is 0. The summed E-state index contributed by atoms with van der Waals surface area (Å²) in [7, 11) is 0. The van der Waals surface area contributed by atoms with Crippen LogP contribution in [0, 0.1) is 11.6 Å². The van der Waals surface area contributed by atoms with Crippen LogP contribution in [0.5, 0.6) is 0 Å². The summed E-state index contributed by atoms with van der Waals surface area (Å²) in [6, 6.07) is 2.04. The first kappa shape index (κ1) is 14.6. The normalized spacial score (nSPS) is 10.0. The van der Waals surface area contributed by atoms with Gasteiger partial charge < -0.3 is 15.7 Å². The van der Waals surface area contributed by atoms with Gasteiger partial charge in [-0.05, 0) is 12.1 Å². The Morgan fingerprint density at radius 3 is 2.05 bits per heavy atom. The molecule has 2 amide bonds.